The Bertz CT molecular complexity index is 624. The van der Waals surface area contributed by atoms with Crippen LogP contribution >= 0.6 is 0 Å². The topological polar surface area (TPSA) is 76.1 Å². The molecule has 2 rings (SSSR count). The summed E-state index contributed by atoms with van der Waals surface area (Å²) in [5.41, 5.74) is 1.55. The van der Waals surface area contributed by atoms with Gasteiger partial charge < -0.3 is 15.4 Å². The standard InChI is InChI=1S/C17H22N4O2/c1-12(2)8-18-16(22)14-10-20-17(21-11-14)19-9-13-4-6-15(23-3)7-5-13/h4-7,10-12H,8-9H2,1-3H3,(H,18,22)(H,19,20,21). The number of amides is 1. The third-order valence-corrected chi connectivity index (χ3v) is 3.19. The van der Waals surface area contributed by atoms with Crippen molar-refractivity contribution >= 4 is 11.9 Å². The van der Waals surface area contributed by atoms with Crippen molar-refractivity contribution in [2.45, 2.75) is 20.4 Å². The van der Waals surface area contributed by atoms with E-state index in [0.717, 1.165) is 11.3 Å². The van der Waals surface area contributed by atoms with Crippen LogP contribution in [0.1, 0.15) is 29.8 Å². The average molecular weight is 314 g/mol. The number of hydrogen-bond acceptors (Lipinski definition) is 5. The lowest BCUT2D eigenvalue weighted by Crippen LogP contribution is -2.27. The molecule has 0 saturated heterocycles. The van der Waals surface area contributed by atoms with Gasteiger partial charge in [0.15, 0.2) is 0 Å². The lowest BCUT2D eigenvalue weighted by Gasteiger charge is -2.08. The molecule has 0 atom stereocenters. The molecular formula is C17H22N4O2. The first-order valence-electron chi connectivity index (χ1n) is 7.55. The van der Waals surface area contributed by atoms with Gasteiger partial charge in [-0.25, -0.2) is 9.97 Å². The van der Waals surface area contributed by atoms with Gasteiger partial charge in [-0.2, -0.15) is 0 Å². The van der Waals surface area contributed by atoms with E-state index in [9.17, 15) is 4.79 Å². The summed E-state index contributed by atoms with van der Waals surface area (Å²) in [6, 6.07) is 7.75. The Kier molecular flexibility index (Phi) is 5.91. The highest BCUT2D eigenvalue weighted by Gasteiger charge is 2.07. The average Bonchev–Trinajstić information content (AvgIpc) is 2.58. The Morgan fingerprint density at radius 2 is 1.83 bits per heavy atom. The maximum Gasteiger partial charge on any atom is 0.254 e. The fourth-order valence-corrected chi connectivity index (χ4v) is 1.86. The number of rotatable bonds is 7. The van der Waals surface area contributed by atoms with Gasteiger partial charge in [-0.3, -0.25) is 4.79 Å². The van der Waals surface area contributed by atoms with Gasteiger partial charge in [0.05, 0.1) is 12.7 Å². The number of anilines is 1. The van der Waals surface area contributed by atoms with Crippen molar-refractivity contribution in [2.75, 3.05) is 19.0 Å². The lowest BCUT2D eigenvalue weighted by molar-refractivity contribution is 0.0948. The highest BCUT2D eigenvalue weighted by Crippen LogP contribution is 2.12. The smallest absolute Gasteiger partial charge is 0.254 e. The molecule has 0 radical (unpaired) electrons. The number of aromatic nitrogens is 2. The molecule has 6 heteroatoms. The van der Waals surface area contributed by atoms with Gasteiger partial charge in [0.1, 0.15) is 5.75 Å². The molecule has 0 aliphatic rings. The molecule has 122 valence electrons. The minimum atomic E-state index is -0.152. The Morgan fingerprint density at radius 3 is 2.39 bits per heavy atom. The highest BCUT2D eigenvalue weighted by molar-refractivity contribution is 5.93. The number of carbonyl (C=O) groups excluding carboxylic acids is 1. The van der Waals surface area contributed by atoms with Crippen LogP contribution in [-0.2, 0) is 6.54 Å². The molecule has 1 heterocycles. The fourth-order valence-electron chi connectivity index (χ4n) is 1.86. The van der Waals surface area contributed by atoms with E-state index >= 15 is 0 Å². The molecule has 0 saturated carbocycles. The van der Waals surface area contributed by atoms with Crippen LogP contribution in [0.3, 0.4) is 0 Å². The number of methoxy groups -OCH3 is 1. The van der Waals surface area contributed by atoms with Crippen LogP contribution in [0.4, 0.5) is 5.95 Å². The third kappa shape index (κ3) is 5.25. The van der Waals surface area contributed by atoms with E-state index in [2.05, 4.69) is 20.6 Å². The van der Waals surface area contributed by atoms with E-state index in [4.69, 9.17) is 4.74 Å². The van der Waals surface area contributed by atoms with E-state index in [1.807, 2.05) is 38.1 Å². The summed E-state index contributed by atoms with van der Waals surface area (Å²) < 4.78 is 5.12. The van der Waals surface area contributed by atoms with Crippen molar-refractivity contribution in [3.05, 3.63) is 47.8 Å². The van der Waals surface area contributed by atoms with Gasteiger partial charge in [-0.15, -0.1) is 0 Å². The number of benzene rings is 1. The normalized spacial score (nSPS) is 10.4. The van der Waals surface area contributed by atoms with Crippen LogP contribution in [0, 0.1) is 5.92 Å². The largest absolute Gasteiger partial charge is 0.497 e. The first kappa shape index (κ1) is 16.7. The molecule has 0 unspecified atom stereocenters. The monoisotopic (exact) mass is 314 g/mol. The summed E-state index contributed by atoms with van der Waals surface area (Å²) in [6.07, 6.45) is 3.05. The zero-order chi connectivity index (χ0) is 16.7. The SMILES string of the molecule is COc1ccc(CNc2ncc(C(=O)NCC(C)C)cn2)cc1. The second-order valence-electron chi connectivity index (χ2n) is 5.60. The quantitative estimate of drug-likeness (QED) is 0.821. The van der Waals surface area contributed by atoms with E-state index in [1.54, 1.807) is 7.11 Å². The Balaban J connectivity index is 1.87. The Morgan fingerprint density at radius 1 is 1.17 bits per heavy atom. The summed E-state index contributed by atoms with van der Waals surface area (Å²) in [7, 11) is 1.64. The van der Waals surface area contributed by atoms with Gasteiger partial charge in [0.2, 0.25) is 5.95 Å². The Labute approximate surface area is 136 Å². The number of ether oxygens (including phenoxy) is 1. The lowest BCUT2D eigenvalue weighted by atomic mass is 10.2. The van der Waals surface area contributed by atoms with Gasteiger partial charge in [0, 0.05) is 25.5 Å². The van der Waals surface area contributed by atoms with E-state index in [1.165, 1.54) is 12.4 Å². The van der Waals surface area contributed by atoms with Gasteiger partial charge in [0.25, 0.3) is 5.91 Å². The zero-order valence-electron chi connectivity index (χ0n) is 13.7. The maximum atomic E-state index is 11.9. The summed E-state index contributed by atoms with van der Waals surface area (Å²) >= 11 is 0. The van der Waals surface area contributed by atoms with Gasteiger partial charge in [-0.1, -0.05) is 26.0 Å². The first-order chi connectivity index (χ1) is 11.1. The summed E-state index contributed by atoms with van der Waals surface area (Å²) in [5, 5.41) is 5.96. The summed E-state index contributed by atoms with van der Waals surface area (Å²) in [5.74, 6) is 1.56. The van der Waals surface area contributed by atoms with Crippen molar-refractivity contribution < 1.29 is 9.53 Å². The highest BCUT2D eigenvalue weighted by atomic mass is 16.5. The minimum Gasteiger partial charge on any atom is -0.497 e. The van der Waals surface area contributed by atoms with Gasteiger partial charge in [-0.05, 0) is 23.6 Å². The molecule has 6 nitrogen and oxygen atoms in total. The molecule has 1 aromatic carbocycles. The van der Waals surface area contributed by atoms with Crippen molar-refractivity contribution in [3.63, 3.8) is 0 Å². The number of nitrogens with one attached hydrogen (secondary N) is 2. The number of nitrogens with zero attached hydrogens (tertiary/aromatic N) is 2. The number of carbonyl (C=O) groups is 1. The minimum absolute atomic E-state index is 0.152. The van der Waals surface area contributed by atoms with Crippen molar-refractivity contribution in [1.82, 2.24) is 15.3 Å². The predicted octanol–water partition coefficient (Wildman–Crippen LogP) is 2.48. The molecule has 0 aliphatic heterocycles. The van der Waals surface area contributed by atoms with Crippen LogP contribution < -0.4 is 15.4 Å². The fraction of sp³-hybridized carbons (Fsp3) is 0.353. The van der Waals surface area contributed by atoms with Crippen molar-refractivity contribution in [1.29, 1.82) is 0 Å². The molecule has 1 amide bonds. The molecule has 0 aliphatic carbocycles. The molecule has 0 spiro atoms. The second kappa shape index (κ2) is 8.12. The maximum absolute atomic E-state index is 11.9. The molecule has 23 heavy (non-hydrogen) atoms. The van der Waals surface area contributed by atoms with Crippen LogP contribution in [0.25, 0.3) is 0 Å². The van der Waals surface area contributed by atoms with Gasteiger partial charge >= 0.3 is 0 Å². The van der Waals surface area contributed by atoms with Crippen LogP contribution in [-0.4, -0.2) is 29.5 Å². The first-order valence-corrected chi connectivity index (χ1v) is 7.55. The molecule has 0 bridgehead atoms. The number of hydrogen-bond donors (Lipinski definition) is 2. The Hall–Kier alpha value is -2.63. The third-order valence-electron chi connectivity index (χ3n) is 3.19. The molecular weight excluding hydrogens is 292 g/mol. The molecule has 2 aromatic rings. The van der Waals surface area contributed by atoms with Crippen molar-refractivity contribution in [2.24, 2.45) is 5.92 Å². The zero-order valence-corrected chi connectivity index (χ0v) is 13.7. The second-order valence-corrected chi connectivity index (χ2v) is 5.60. The van der Waals surface area contributed by atoms with Crippen LogP contribution in [0.2, 0.25) is 0 Å². The van der Waals surface area contributed by atoms with E-state index in [0.29, 0.717) is 30.5 Å². The molecule has 0 fully saturated rings. The summed E-state index contributed by atoms with van der Waals surface area (Å²) in [6.45, 7) is 5.32. The van der Waals surface area contributed by atoms with Crippen LogP contribution in [0.5, 0.6) is 5.75 Å². The molecule has 2 N–H and O–H groups in total. The van der Waals surface area contributed by atoms with Crippen LogP contribution in [0.15, 0.2) is 36.7 Å². The molecule has 1 aromatic heterocycles. The van der Waals surface area contributed by atoms with E-state index in [-0.39, 0.29) is 5.91 Å². The van der Waals surface area contributed by atoms with Crippen molar-refractivity contribution in [3.8, 4) is 5.75 Å². The summed E-state index contributed by atoms with van der Waals surface area (Å²) in [4.78, 5) is 20.2. The predicted molar refractivity (Wildman–Crippen MR) is 89.5 cm³/mol. The van der Waals surface area contributed by atoms with E-state index < -0.39 is 0 Å².